The lowest BCUT2D eigenvalue weighted by Crippen LogP contribution is -2.32. The van der Waals surface area contributed by atoms with Crippen LogP contribution in [0.15, 0.2) is 11.3 Å². The van der Waals surface area contributed by atoms with E-state index in [1.807, 2.05) is 0 Å². The first-order chi connectivity index (χ1) is 6.07. The third-order valence-electron chi connectivity index (χ3n) is 1.94. The molecule has 0 spiro atoms. The van der Waals surface area contributed by atoms with Crippen LogP contribution in [0, 0.1) is 5.92 Å². The average Bonchev–Trinajstić information content (AvgIpc) is 2.07. The minimum atomic E-state index is -1.26. The van der Waals surface area contributed by atoms with Crippen molar-refractivity contribution in [1.29, 1.82) is 0 Å². The zero-order chi connectivity index (χ0) is 10.0. The molecule has 0 aliphatic carbocycles. The molecule has 0 radical (unpaired) electrons. The molecule has 5 nitrogen and oxygen atoms in total. The van der Waals surface area contributed by atoms with Gasteiger partial charge in [-0.1, -0.05) is 6.92 Å². The molecule has 0 fully saturated rings. The highest BCUT2D eigenvalue weighted by molar-refractivity contribution is 5.88. The zero-order valence-corrected chi connectivity index (χ0v) is 7.48. The largest absolute Gasteiger partial charge is 0.495 e. The van der Waals surface area contributed by atoms with E-state index in [4.69, 9.17) is 14.6 Å². The van der Waals surface area contributed by atoms with E-state index in [9.17, 15) is 9.90 Å². The third kappa shape index (κ3) is 1.81. The van der Waals surface area contributed by atoms with E-state index >= 15 is 0 Å². The van der Waals surface area contributed by atoms with Crippen molar-refractivity contribution < 1.29 is 24.5 Å². The molecule has 2 atom stereocenters. The molecule has 1 rings (SSSR count). The second-order valence-corrected chi connectivity index (χ2v) is 2.87. The van der Waals surface area contributed by atoms with Crippen molar-refractivity contribution in [2.75, 3.05) is 13.7 Å². The Balaban J connectivity index is 3.07. The molecule has 0 aromatic heterocycles. The predicted molar refractivity (Wildman–Crippen MR) is 42.8 cm³/mol. The summed E-state index contributed by atoms with van der Waals surface area (Å²) in [7, 11) is 1.31. The Hall–Kier alpha value is -1.07. The molecule has 2 N–H and O–H groups in total. The number of carbonyl (C=O) groups is 1. The van der Waals surface area contributed by atoms with E-state index in [1.54, 1.807) is 6.92 Å². The van der Waals surface area contributed by atoms with Crippen molar-refractivity contribution in [2.45, 2.75) is 13.2 Å². The molecule has 74 valence electrons. The summed E-state index contributed by atoms with van der Waals surface area (Å²) in [5.41, 5.74) is 0.0845. The quantitative estimate of drug-likeness (QED) is 0.635. The maximum absolute atomic E-state index is 10.8. The topological polar surface area (TPSA) is 76.0 Å². The van der Waals surface area contributed by atoms with Gasteiger partial charge < -0.3 is 19.7 Å². The van der Waals surface area contributed by atoms with E-state index in [0.29, 0.717) is 0 Å². The van der Waals surface area contributed by atoms with E-state index in [2.05, 4.69) is 0 Å². The molecule has 5 heteroatoms. The monoisotopic (exact) mass is 188 g/mol. The number of carboxylic acids is 1. The molecule has 0 amide bonds. The Morgan fingerprint density at radius 2 is 2.31 bits per heavy atom. The van der Waals surface area contributed by atoms with Crippen LogP contribution >= 0.6 is 0 Å². The van der Waals surface area contributed by atoms with Crippen molar-refractivity contribution in [3.05, 3.63) is 11.3 Å². The van der Waals surface area contributed by atoms with E-state index in [1.165, 1.54) is 7.11 Å². The lowest BCUT2D eigenvalue weighted by atomic mass is 9.98. The van der Waals surface area contributed by atoms with Crippen molar-refractivity contribution in [2.24, 2.45) is 5.92 Å². The lowest BCUT2D eigenvalue weighted by Gasteiger charge is -2.26. The van der Waals surface area contributed by atoms with Crippen LogP contribution in [0.4, 0.5) is 0 Å². The summed E-state index contributed by atoms with van der Waals surface area (Å²) < 4.78 is 9.65. The number of ether oxygens (including phenoxy) is 2. The first kappa shape index (κ1) is 10.0. The molecule has 1 aliphatic rings. The van der Waals surface area contributed by atoms with Crippen molar-refractivity contribution in [3.8, 4) is 0 Å². The Bertz CT molecular complexity index is 245. The number of methoxy groups -OCH3 is 1. The molecule has 13 heavy (non-hydrogen) atoms. The number of aliphatic hydroxyl groups excluding tert-OH is 1. The van der Waals surface area contributed by atoms with E-state index < -0.39 is 12.3 Å². The number of hydrogen-bond acceptors (Lipinski definition) is 4. The summed E-state index contributed by atoms with van der Waals surface area (Å²) in [5.74, 6) is -1.35. The van der Waals surface area contributed by atoms with Gasteiger partial charge in [-0.25, -0.2) is 4.79 Å². The Morgan fingerprint density at radius 1 is 1.69 bits per heavy atom. The maximum Gasteiger partial charge on any atom is 0.335 e. The van der Waals surface area contributed by atoms with Gasteiger partial charge in [-0.15, -0.1) is 0 Å². The molecule has 0 aromatic carbocycles. The summed E-state index contributed by atoms with van der Waals surface area (Å²) in [6.07, 6.45) is -1.26. The number of rotatable bonds is 2. The van der Waals surface area contributed by atoms with Crippen LogP contribution in [0.2, 0.25) is 0 Å². The number of aliphatic hydroxyl groups is 1. The van der Waals surface area contributed by atoms with Crippen molar-refractivity contribution in [3.63, 3.8) is 0 Å². The maximum atomic E-state index is 10.8. The normalized spacial score (nSPS) is 28.8. The minimum absolute atomic E-state index is 0.00810. The predicted octanol–water partition coefficient (Wildman–Crippen LogP) is -0.0438. The fraction of sp³-hybridized carbons (Fsp3) is 0.625. The standard InChI is InChI=1S/C8H12O5/c1-4-3-13-8(11)6(12-2)5(4)7(9)10/h4,8,11H,3H2,1-2H3,(H,9,10)/t4-,8-/m1/s1. The van der Waals surface area contributed by atoms with Crippen LogP contribution in [-0.4, -0.2) is 36.2 Å². The number of hydrogen-bond donors (Lipinski definition) is 2. The third-order valence-corrected chi connectivity index (χ3v) is 1.94. The van der Waals surface area contributed by atoms with Gasteiger partial charge in [0.25, 0.3) is 0 Å². The highest BCUT2D eigenvalue weighted by Crippen LogP contribution is 2.25. The molecule has 0 unspecified atom stereocenters. The van der Waals surface area contributed by atoms with E-state index in [0.717, 1.165) is 0 Å². The fourth-order valence-corrected chi connectivity index (χ4v) is 1.30. The van der Waals surface area contributed by atoms with Crippen LogP contribution in [0.1, 0.15) is 6.92 Å². The molecular weight excluding hydrogens is 176 g/mol. The summed E-state index contributed by atoms with van der Waals surface area (Å²) in [5, 5.41) is 18.1. The second kappa shape index (κ2) is 3.76. The smallest absolute Gasteiger partial charge is 0.335 e. The molecule has 0 saturated carbocycles. The van der Waals surface area contributed by atoms with Crippen LogP contribution in [0.3, 0.4) is 0 Å². The molecule has 1 heterocycles. The Morgan fingerprint density at radius 3 is 2.69 bits per heavy atom. The summed E-state index contributed by atoms with van der Waals surface area (Å²) >= 11 is 0. The van der Waals surface area contributed by atoms with Gasteiger partial charge in [-0.05, 0) is 0 Å². The highest BCUT2D eigenvalue weighted by atomic mass is 16.6. The average molecular weight is 188 g/mol. The van der Waals surface area contributed by atoms with Gasteiger partial charge in [0.05, 0.1) is 19.3 Å². The van der Waals surface area contributed by atoms with Gasteiger partial charge in [0, 0.05) is 5.92 Å². The van der Waals surface area contributed by atoms with Gasteiger partial charge in [0.15, 0.2) is 5.76 Å². The zero-order valence-electron chi connectivity index (χ0n) is 7.48. The van der Waals surface area contributed by atoms with Crippen LogP contribution < -0.4 is 0 Å². The van der Waals surface area contributed by atoms with Crippen LogP contribution in [0.25, 0.3) is 0 Å². The van der Waals surface area contributed by atoms with Gasteiger partial charge in [0.2, 0.25) is 6.29 Å². The van der Waals surface area contributed by atoms with Gasteiger partial charge in [0.1, 0.15) is 0 Å². The summed E-state index contributed by atoms with van der Waals surface area (Å²) in [6.45, 7) is 1.89. The van der Waals surface area contributed by atoms with Crippen LogP contribution in [0.5, 0.6) is 0 Å². The van der Waals surface area contributed by atoms with Gasteiger partial charge in [-0.3, -0.25) is 0 Å². The molecule has 1 aliphatic heterocycles. The first-order valence-corrected chi connectivity index (χ1v) is 3.89. The molecule has 0 saturated heterocycles. The van der Waals surface area contributed by atoms with Gasteiger partial charge >= 0.3 is 5.97 Å². The minimum Gasteiger partial charge on any atom is -0.495 e. The fourth-order valence-electron chi connectivity index (χ4n) is 1.30. The van der Waals surface area contributed by atoms with Crippen molar-refractivity contribution in [1.82, 2.24) is 0 Å². The highest BCUT2D eigenvalue weighted by Gasteiger charge is 2.32. The SMILES string of the molecule is COC1=C(C(=O)O)[C@H](C)CO[C@H]1O. The molecule has 0 bridgehead atoms. The number of carboxylic acid groups (broad SMARTS) is 1. The Labute approximate surface area is 75.6 Å². The summed E-state index contributed by atoms with van der Waals surface area (Å²) in [4.78, 5) is 10.8. The number of aliphatic carboxylic acids is 1. The molecular formula is C8H12O5. The van der Waals surface area contributed by atoms with Crippen LogP contribution in [-0.2, 0) is 14.3 Å². The molecule has 0 aromatic rings. The van der Waals surface area contributed by atoms with Gasteiger partial charge in [-0.2, -0.15) is 0 Å². The summed E-state index contributed by atoms with van der Waals surface area (Å²) in [6, 6.07) is 0. The van der Waals surface area contributed by atoms with Crippen molar-refractivity contribution >= 4 is 5.97 Å². The van der Waals surface area contributed by atoms with E-state index in [-0.39, 0.29) is 23.9 Å². The first-order valence-electron chi connectivity index (χ1n) is 3.89. The lowest BCUT2D eigenvalue weighted by molar-refractivity contribution is -0.142. The Kier molecular flexibility index (Phi) is 2.90. The second-order valence-electron chi connectivity index (χ2n) is 2.87.